The number of rotatable bonds is 8. The molecule has 2 aromatic carbocycles. The molecule has 57 heavy (non-hydrogen) atoms. The van der Waals surface area contributed by atoms with Crippen molar-refractivity contribution >= 4 is 33.9 Å². The molecule has 4 aromatic rings. The van der Waals surface area contributed by atoms with Crippen LogP contribution in [0.15, 0.2) is 46.0 Å². The second-order valence-electron chi connectivity index (χ2n) is 16.8. The molecule has 0 spiro atoms. The van der Waals surface area contributed by atoms with E-state index in [2.05, 4.69) is 17.3 Å². The lowest BCUT2D eigenvalue weighted by Gasteiger charge is -2.36. The molecule has 4 heterocycles. The maximum absolute atomic E-state index is 12.9. The third-order valence-electron chi connectivity index (χ3n) is 13.2. The normalized spacial score (nSPS) is 23.3. The minimum absolute atomic E-state index is 0.0160. The molecule has 2 aromatic heterocycles. The van der Waals surface area contributed by atoms with Crippen LogP contribution in [0.4, 0.5) is 0 Å². The topological polar surface area (TPSA) is 128 Å². The zero-order valence-corrected chi connectivity index (χ0v) is 34.6. The summed E-state index contributed by atoms with van der Waals surface area (Å²) in [6, 6.07) is 11.5. The highest BCUT2D eigenvalue weighted by Crippen LogP contribution is 2.34. The van der Waals surface area contributed by atoms with Crippen molar-refractivity contribution in [1.29, 1.82) is 0 Å². The third kappa shape index (κ3) is 8.81. The lowest BCUT2D eigenvalue weighted by Crippen LogP contribution is -2.49. The summed E-state index contributed by atoms with van der Waals surface area (Å²) < 4.78 is 17.9. The van der Waals surface area contributed by atoms with Crippen molar-refractivity contribution in [2.75, 3.05) is 73.6 Å². The molecular formula is C43H62N8O6. The van der Waals surface area contributed by atoms with E-state index in [0.717, 1.165) is 137 Å². The molecule has 0 radical (unpaired) electrons. The zero-order valence-electron chi connectivity index (χ0n) is 34.6. The van der Waals surface area contributed by atoms with Crippen molar-refractivity contribution in [3.05, 3.63) is 57.4 Å². The number of methoxy groups -OCH3 is 2. The first-order valence-corrected chi connectivity index (χ1v) is 21.0. The molecule has 2 aliphatic carbocycles. The molecule has 14 nitrogen and oxygen atoms in total. The summed E-state index contributed by atoms with van der Waals surface area (Å²) >= 11 is 0. The monoisotopic (exact) mass is 786 g/mol. The van der Waals surface area contributed by atoms with Gasteiger partial charge >= 0.3 is 11.4 Å². The van der Waals surface area contributed by atoms with Crippen LogP contribution in [0.2, 0.25) is 0 Å². The van der Waals surface area contributed by atoms with Crippen LogP contribution >= 0.6 is 0 Å². The van der Waals surface area contributed by atoms with E-state index in [4.69, 9.17) is 9.47 Å². The van der Waals surface area contributed by atoms with Gasteiger partial charge in [0.1, 0.15) is 11.5 Å². The van der Waals surface area contributed by atoms with Gasteiger partial charge in [0.25, 0.3) is 0 Å². The predicted molar refractivity (Wildman–Crippen MR) is 222 cm³/mol. The quantitative estimate of drug-likeness (QED) is 0.288. The minimum atomic E-state index is 0.0160. The molecule has 4 aliphatic rings. The number of aromatic nitrogens is 4. The van der Waals surface area contributed by atoms with E-state index >= 15 is 0 Å². The number of hydrogen-bond acceptors (Lipinski definition) is 8. The second kappa shape index (κ2) is 17.9. The summed E-state index contributed by atoms with van der Waals surface area (Å²) in [7, 11) is 9.03. The van der Waals surface area contributed by atoms with Gasteiger partial charge in [-0.15, -0.1) is 0 Å². The Morgan fingerprint density at radius 3 is 1.39 bits per heavy atom. The van der Waals surface area contributed by atoms with E-state index in [1.807, 2.05) is 69.4 Å². The molecule has 0 bridgehead atoms. The summed E-state index contributed by atoms with van der Waals surface area (Å²) in [5, 5.41) is 3.30. The van der Waals surface area contributed by atoms with Crippen molar-refractivity contribution < 1.29 is 19.1 Å². The van der Waals surface area contributed by atoms with E-state index in [-0.39, 0.29) is 23.2 Å². The number of imidazole rings is 2. The van der Waals surface area contributed by atoms with Gasteiger partial charge in [-0.25, -0.2) is 9.59 Å². The van der Waals surface area contributed by atoms with Gasteiger partial charge in [0.05, 0.1) is 36.3 Å². The number of benzene rings is 2. The summed E-state index contributed by atoms with van der Waals surface area (Å²) in [4.78, 5) is 57.5. The number of hydrogen-bond donors (Lipinski definition) is 1. The Labute approximate surface area is 335 Å². The van der Waals surface area contributed by atoms with Gasteiger partial charge in [-0.1, -0.05) is 0 Å². The van der Waals surface area contributed by atoms with Gasteiger partial charge in [-0.2, -0.15) is 0 Å². The highest BCUT2D eigenvalue weighted by molar-refractivity contribution is 5.80. The Morgan fingerprint density at radius 2 is 0.982 bits per heavy atom. The average molecular weight is 787 g/mol. The Hall–Kier alpha value is -4.56. The summed E-state index contributed by atoms with van der Waals surface area (Å²) in [5.74, 6) is 3.35. The van der Waals surface area contributed by atoms with Gasteiger partial charge in [0.15, 0.2) is 0 Å². The summed E-state index contributed by atoms with van der Waals surface area (Å²) in [6.45, 7) is 8.49. The molecule has 4 fully saturated rings. The van der Waals surface area contributed by atoms with Gasteiger partial charge in [-0.05, 0) is 94.5 Å². The molecule has 1 N–H and O–H groups in total. The SMILES string of the molecule is COc1ccc2c(c1)n(CC1CCC(C(=O)N3CCN(C)CC3)CC1)c(=O)n2C.COc1ccc2c(c1)n(CC1CCC(C(=O)N3CCNCC3)CC1)c(=O)n2C. The van der Waals surface area contributed by atoms with Crippen LogP contribution < -0.4 is 26.2 Å². The fourth-order valence-corrected chi connectivity index (χ4v) is 9.52. The minimum Gasteiger partial charge on any atom is -0.497 e. The maximum atomic E-state index is 12.9. The van der Waals surface area contributed by atoms with Crippen molar-refractivity contribution in [2.45, 2.75) is 64.5 Å². The highest BCUT2D eigenvalue weighted by Gasteiger charge is 2.32. The fourth-order valence-electron chi connectivity index (χ4n) is 9.52. The van der Waals surface area contributed by atoms with E-state index in [0.29, 0.717) is 36.7 Å². The van der Waals surface area contributed by atoms with Crippen LogP contribution in [-0.4, -0.2) is 118 Å². The van der Waals surface area contributed by atoms with Crippen molar-refractivity contribution in [3.63, 3.8) is 0 Å². The number of ether oxygens (including phenoxy) is 2. The number of aryl methyl sites for hydroxylation is 2. The first-order valence-electron chi connectivity index (χ1n) is 21.0. The average Bonchev–Trinajstić information content (AvgIpc) is 3.63. The highest BCUT2D eigenvalue weighted by atomic mass is 16.5. The van der Waals surface area contributed by atoms with Crippen LogP contribution in [0.5, 0.6) is 11.5 Å². The smallest absolute Gasteiger partial charge is 0.328 e. The lowest BCUT2D eigenvalue weighted by atomic mass is 9.81. The number of carbonyl (C=O) groups is 2. The number of amides is 2. The number of fused-ring (bicyclic) bond motifs is 2. The van der Waals surface area contributed by atoms with Crippen LogP contribution in [-0.2, 0) is 36.8 Å². The first kappa shape index (κ1) is 40.6. The van der Waals surface area contributed by atoms with E-state index in [9.17, 15) is 19.2 Å². The molecule has 14 heteroatoms. The van der Waals surface area contributed by atoms with Crippen molar-refractivity contribution in [2.24, 2.45) is 37.8 Å². The predicted octanol–water partition coefficient (Wildman–Crippen LogP) is 3.52. The third-order valence-corrected chi connectivity index (χ3v) is 13.2. The number of nitrogens with one attached hydrogen (secondary N) is 1. The standard InChI is InChI=1S/C22H32N4O3.C21H30N4O3/c1-23-10-12-25(13-11-23)21(27)17-6-4-16(5-7-17)15-26-20-14-18(29-3)8-9-19(20)24(2)22(26)28;1-23-18-8-7-17(28-2)13-19(18)25(21(23)27)14-15-3-5-16(6-4-15)20(26)24-11-9-22-10-12-24/h8-9,14,16-17H,4-7,10-13,15H2,1-3H3;7-8,13,15-16,22H,3-6,9-12,14H2,1-2H3. The molecule has 310 valence electrons. The lowest BCUT2D eigenvalue weighted by molar-refractivity contribution is -0.138. The Balaban J connectivity index is 0.000000174. The zero-order chi connectivity index (χ0) is 40.2. The molecule has 2 saturated heterocycles. The Morgan fingerprint density at radius 1 is 0.579 bits per heavy atom. The molecule has 0 unspecified atom stereocenters. The van der Waals surface area contributed by atoms with Gasteiger partial charge in [0.2, 0.25) is 11.8 Å². The Kier molecular flexibility index (Phi) is 12.8. The van der Waals surface area contributed by atoms with Gasteiger partial charge < -0.3 is 29.5 Å². The fraction of sp³-hybridized carbons (Fsp3) is 0.628. The molecule has 2 amide bonds. The molecule has 8 rings (SSSR count). The molecule has 2 saturated carbocycles. The maximum Gasteiger partial charge on any atom is 0.328 e. The van der Waals surface area contributed by atoms with Crippen LogP contribution in [0.1, 0.15) is 51.4 Å². The summed E-state index contributed by atoms with van der Waals surface area (Å²) in [6.07, 6.45) is 7.70. The van der Waals surface area contributed by atoms with Crippen LogP contribution in [0.25, 0.3) is 22.1 Å². The van der Waals surface area contributed by atoms with Gasteiger partial charge in [-0.3, -0.25) is 27.9 Å². The van der Waals surface area contributed by atoms with Crippen LogP contribution in [0, 0.1) is 23.7 Å². The molecular weight excluding hydrogens is 725 g/mol. The number of piperazine rings is 2. The number of likely N-dealkylation sites (N-methyl/N-ethyl adjacent to an activating group) is 1. The van der Waals surface area contributed by atoms with Gasteiger partial charge in [0, 0.05) is 104 Å². The number of carbonyl (C=O) groups excluding carboxylic acids is 2. The van der Waals surface area contributed by atoms with Crippen LogP contribution in [0.3, 0.4) is 0 Å². The van der Waals surface area contributed by atoms with Crippen molar-refractivity contribution in [3.8, 4) is 11.5 Å². The second-order valence-corrected chi connectivity index (χ2v) is 16.8. The van der Waals surface area contributed by atoms with E-state index in [1.165, 1.54) is 0 Å². The van der Waals surface area contributed by atoms with E-state index < -0.39 is 0 Å². The Bertz CT molecular complexity index is 2140. The molecule has 0 atom stereocenters. The largest absolute Gasteiger partial charge is 0.497 e. The summed E-state index contributed by atoms with van der Waals surface area (Å²) in [5.41, 5.74) is 3.73. The number of nitrogens with zero attached hydrogens (tertiary/aromatic N) is 7. The molecule has 2 aliphatic heterocycles. The first-order chi connectivity index (χ1) is 27.6. The van der Waals surface area contributed by atoms with E-state index in [1.54, 1.807) is 23.4 Å². The van der Waals surface area contributed by atoms with Crippen molar-refractivity contribution in [1.82, 2.24) is 38.3 Å².